The van der Waals surface area contributed by atoms with Crippen LogP contribution < -0.4 is 16.4 Å². The summed E-state index contributed by atoms with van der Waals surface area (Å²) in [5.74, 6) is 0.0183. The minimum Gasteiger partial charge on any atom is -0.359 e. The maximum atomic E-state index is 10.7. The Kier molecular flexibility index (Phi) is 4.88. The van der Waals surface area contributed by atoms with E-state index >= 15 is 0 Å². The summed E-state index contributed by atoms with van der Waals surface area (Å²) in [6.45, 7) is 0.490. The van der Waals surface area contributed by atoms with E-state index in [1.807, 2.05) is 0 Å². The molecule has 0 rings (SSSR count). The summed E-state index contributed by atoms with van der Waals surface area (Å²) >= 11 is 0. The molecule has 60 valence electrons. The van der Waals surface area contributed by atoms with Gasteiger partial charge in [-0.1, -0.05) is 0 Å². The van der Waals surface area contributed by atoms with E-state index in [1.54, 1.807) is 14.1 Å². The minimum absolute atomic E-state index is 0.0183. The molecule has 1 atom stereocenters. The highest BCUT2D eigenvalue weighted by molar-refractivity contribution is 5.76. The number of nitrogens with two attached hydrogens (primary N) is 1. The van der Waals surface area contributed by atoms with Gasteiger partial charge in [0.05, 0.1) is 0 Å². The summed E-state index contributed by atoms with van der Waals surface area (Å²) in [5, 5.41) is 5.46. The Balaban J connectivity index is 3.52. The van der Waals surface area contributed by atoms with Gasteiger partial charge in [0.1, 0.15) is 0 Å². The number of rotatable bonds is 4. The van der Waals surface area contributed by atoms with Crippen LogP contribution in [0.4, 0.5) is 0 Å². The van der Waals surface area contributed by atoms with Crippen LogP contribution in [0.1, 0.15) is 6.42 Å². The van der Waals surface area contributed by atoms with Gasteiger partial charge in [-0.3, -0.25) is 4.79 Å². The molecule has 0 aromatic rings. The van der Waals surface area contributed by atoms with Crippen LogP contribution in [0.3, 0.4) is 0 Å². The van der Waals surface area contributed by atoms with Gasteiger partial charge < -0.3 is 16.4 Å². The van der Waals surface area contributed by atoms with Gasteiger partial charge >= 0.3 is 0 Å². The summed E-state index contributed by atoms with van der Waals surface area (Å²) in [7, 11) is 3.41. The third-order valence-electron chi connectivity index (χ3n) is 1.40. The molecule has 0 radical (unpaired) electrons. The number of carbonyl (C=O) groups is 1. The van der Waals surface area contributed by atoms with E-state index in [9.17, 15) is 4.79 Å². The molecule has 1 amide bonds. The number of amides is 1. The quantitative estimate of drug-likeness (QED) is 0.459. The van der Waals surface area contributed by atoms with Gasteiger partial charge in [-0.05, 0) is 7.05 Å². The van der Waals surface area contributed by atoms with Crippen molar-refractivity contribution in [1.29, 1.82) is 0 Å². The summed E-state index contributed by atoms with van der Waals surface area (Å²) < 4.78 is 0. The van der Waals surface area contributed by atoms with E-state index in [-0.39, 0.29) is 11.9 Å². The average molecular weight is 145 g/mol. The fourth-order valence-electron chi connectivity index (χ4n) is 0.629. The van der Waals surface area contributed by atoms with Crippen LogP contribution in [-0.2, 0) is 4.79 Å². The first-order valence-corrected chi connectivity index (χ1v) is 3.32. The molecule has 4 N–H and O–H groups in total. The normalized spacial score (nSPS) is 12.7. The van der Waals surface area contributed by atoms with E-state index in [2.05, 4.69) is 10.6 Å². The van der Waals surface area contributed by atoms with Crippen molar-refractivity contribution in [2.24, 2.45) is 5.73 Å². The van der Waals surface area contributed by atoms with Gasteiger partial charge in [-0.2, -0.15) is 0 Å². The lowest BCUT2D eigenvalue weighted by Crippen LogP contribution is -2.37. The van der Waals surface area contributed by atoms with Crippen LogP contribution in [-0.4, -0.2) is 32.6 Å². The van der Waals surface area contributed by atoms with Crippen LogP contribution in [0, 0.1) is 0 Å². The van der Waals surface area contributed by atoms with Crippen LogP contribution in [0.5, 0.6) is 0 Å². The van der Waals surface area contributed by atoms with Gasteiger partial charge in [-0.15, -0.1) is 0 Å². The van der Waals surface area contributed by atoms with Crippen molar-refractivity contribution >= 4 is 5.91 Å². The zero-order chi connectivity index (χ0) is 7.98. The summed E-state index contributed by atoms with van der Waals surface area (Å²) in [4.78, 5) is 10.7. The third-order valence-corrected chi connectivity index (χ3v) is 1.40. The molecule has 0 aromatic heterocycles. The number of carbonyl (C=O) groups excluding carboxylic acids is 1. The predicted octanol–water partition coefficient (Wildman–Crippen LogP) is -1.33. The topological polar surface area (TPSA) is 67.2 Å². The summed E-state index contributed by atoms with van der Waals surface area (Å²) in [6.07, 6.45) is 0.448. The summed E-state index contributed by atoms with van der Waals surface area (Å²) in [6, 6.07) is 0.0972. The molecule has 4 nitrogen and oxygen atoms in total. The van der Waals surface area contributed by atoms with Gasteiger partial charge in [0.25, 0.3) is 0 Å². The third kappa shape index (κ3) is 3.42. The SMILES string of the molecule is CNC(=O)CC(CN)NC. The zero-order valence-corrected chi connectivity index (χ0v) is 6.48. The van der Waals surface area contributed by atoms with Gasteiger partial charge in [0.15, 0.2) is 0 Å². The molecule has 0 fully saturated rings. The molecule has 0 spiro atoms. The average Bonchev–Trinajstić information content (AvgIpc) is 1.99. The smallest absolute Gasteiger partial charge is 0.221 e. The predicted molar refractivity (Wildman–Crippen MR) is 40.6 cm³/mol. The molecular weight excluding hydrogens is 130 g/mol. The number of likely N-dealkylation sites (N-methyl/N-ethyl adjacent to an activating group) is 1. The van der Waals surface area contributed by atoms with Crippen molar-refractivity contribution in [3.63, 3.8) is 0 Å². The van der Waals surface area contributed by atoms with Crippen LogP contribution in [0.15, 0.2) is 0 Å². The molecule has 0 aliphatic carbocycles. The number of hydrogen-bond donors (Lipinski definition) is 3. The fourth-order valence-corrected chi connectivity index (χ4v) is 0.629. The lowest BCUT2D eigenvalue weighted by molar-refractivity contribution is -0.121. The molecule has 0 aliphatic rings. The molecule has 0 aliphatic heterocycles. The number of nitrogens with one attached hydrogen (secondary N) is 2. The second-order valence-electron chi connectivity index (χ2n) is 2.10. The molecule has 0 aromatic carbocycles. The van der Waals surface area contributed by atoms with Crippen molar-refractivity contribution in [3.05, 3.63) is 0 Å². The van der Waals surface area contributed by atoms with Gasteiger partial charge in [-0.25, -0.2) is 0 Å². The first-order valence-electron chi connectivity index (χ1n) is 3.32. The Bertz CT molecular complexity index is 101. The van der Waals surface area contributed by atoms with Gasteiger partial charge in [0, 0.05) is 26.1 Å². The van der Waals surface area contributed by atoms with Crippen molar-refractivity contribution < 1.29 is 4.79 Å². The molecule has 0 saturated carbocycles. The van der Waals surface area contributed by atoms with Crippen LogP contribution >= 0.6 is 0 Å². The number of hydrogen-bond acceptors (Lipinski definition) is 3. The molecule has 0 bridgehead atoms. The maximum Gasteiger partial charge on any atom is 0.221 e. The highest BCUT2D eigenvalue weighted by atomic mass is 16.1. The Hall–Kier alpha value is -0.610. The minimum atomic E-state index is 0.0183. The maximum absolute atomic E-state index is 10.7. The summed E-state index contributed by atoms with van der Waals surface area (Å²) in [5.41, 5.74) is 5.34. The standard InChI is InChI=1S/C6H15N3O/c1-8-5(4-7)3-6(10)9-2/h5,8H,3-4,7H2,1-2H3,(H,9,10). The highest BCUT2D eigenvalue weighted by Crippen LogP contribution is 1.86. The molecule has 0 heterocycles. The van der Waals surface area contributed by atoms with Gasteiger partial charge in [0.2, 0.25) is 5.91 Å². The Morgan fingerprint density at radius 3 is 2.50 bits per heavy atom. The van der Waals surface area contributed by atoms with Crippen LogP contribution in [0.25, 0.3) is 0 Å². The molecule has 1 unspecified atom stereocenters. The molecule has 10 heavy (non-hydrogen) atoms. The first-order chi connectivity index (χ1) is 4.74. The Morgan fingerprint density at radius 1 is 1.60 bits per heavy atom. The fraction of sp³-hybridized carbons (Fsp3) is 0.833. The lowest BCUT2D eigenvalue weighted by atomic mass is 10.2. The van der Waals surface area contributed by atoms with E-state index in [0.29, 0.717) is 13.0 Å². The van der Waals surface area contributed by atoms with Crippen molar-refractivity contribution in [1.82, 2.24) is 10.6 Å². The second kappa shape index (κ2) is 5.20. The van der Waals surface area contributed by atoms with E-state index in [1.165, 1.54) is 0 Å². The highest BCUT2D eigenvalue weighted by Gasteiger charge is 2.07. The Morgan fingerprint density at radius 2 is 2.20 bits per heavy atom. The van der Waals surface area contributed by atoms with E-state index in [0.717, 1.165) is 0 Å². The largest absolute Gasteiger partial charge is 0.359 e. The van der Waals surface area contributed by atoms with E-state index in [4.69, 9.17) is 5.73 Å². The van der Waals surface area contributed by atoms with Crippen molar-refractivity contribution in [2.45, 2.75) is 12.5 Å². The monoisotopic (exact) mass is 145 g/mol. The van der Waals surface area contributed by atoms with Crippen LogP contribution in [0.2, 0.25) is 0 Å². The van der Waals surface area contributed by atoms with Crippen molar-refractivity contribution in [2.75, 3.05) is 20.6 Å². The zero-order valence-electron chi connectivity index (χ0n) is 6.48. The first kappa shape index (κ1) is 9.39. The lowest BCUT2D eigenvalue weighted by Gasteiger charge is -2.11. The van der Waals surface area contributed by atoms with E-state index < -0.39 is 0 Å². The molecular formula is C6H15N3O. The Labute approximate surface area is 61.2 Å². The molecule has 0 saturated heterocycles. The molecule has 4 heteroatoms. The van der Waals surface area contributed by atoms with Crippen molar-refractivity contribution in [3.8, 4) is 0 Å². The second-order valence-corrected chi connectivity index (χ2v) is 2.10.